The molecule has 0 saturated heterocycles. The largest absolute Gasteiger partial charge is 0.311 e. The van der Waals surface area contributed by atoms with Crippen molar-refractivity contribution in [1.82, 2.24) is 8.97 Å². The van der Waals surface area contributed by atoms with Crippen molar-refractivity contribution in [3.05, 3.63) is 346 Å². The summed E-state index contributed by atoms with van der Waals surface area (Å²) in [4.78, 5) is 2.39. The minimum atomic E-state index is -2.62. The molecule has 412 valence electrons. The van der Waals surface area contributed by atoms with Gasteiger partial charge in [0, 0.05) is 55.1 Å². The molecule has 0 radical (unpaired) electrons. The van der Waals surface area contributed by atoms with E-state index in [1.54, 1.807) is 0 Å². The maximum atomic E-state index is 2.47. The Morgan fingerprint density at radius 2 is 0.614 bits per heavy atom. The minimum absolute atomic E-state index is 1.08. The number of rotatable bonds is 12. The van der Waals surface area contributed by atoms with Gasteiger partial charge in [-0.2, -0.15) is 0 Å². The Hall–Kier alpha value is -11.3. The maximum Gasteiger partial charge on any atom is 0.179 e. The minimum Gasteiger partial charge on any atom is -0.311 e. The summed E-state index contributed by atoms with van der Waals surface area (Å²) in [6.45, 7) is 0. The summed E-state index contributed by atoms with van der Waals surface area (Å²) in [5.74, 6) is 0. The summed E-state index contributed by atoms with van der Waals surface area (Å²) < 4.78 is 4.86. The third-order valence-corrected chi connectivity index (χ3v) is 23.2. The van der Waals surface area contributed by atoms with E-state index in [4.69, 9.17) is 0 Å². The number of fused-ring (bicyclic) bond motifs is 9. The van der Waals surface area contributed by atoms with Crippen molar-refractivity contribution in [1.29, 1.82) is 0 Å². The van der Waals surface area contributed by atoms with E-state index in [0.717, 1.165) is 28.3 Å². The molecule has 0 N–H and O–H groups in total. The molecule has 0 aliphatic carbocycles. The maximum absolute atomic E-state index is 2.62. The molecule has 3 aromatic heterocycles. The molecule has 0 fully saturated rings. The average Bonchev–Trinajstić information content (AvgIpc) is 1.80. The molecule has 17 aromatic rings. The lowest BCUT2D eigenvalue weighted by atomic mass is 9.98. The Kier molecular flexibility index (Phi) is 12.2. The number of anilines is 3. The van der Waals surface area contributed by atoms with Crippen LogP contribution in [0.15, 0.2) is 346 Å². The van der Waals surface area contributed by atoms with Gasteiger partial charge in [0.2, 0.25) is 0 Å². The summed E-state index contributed by atoms with van der Waals surface area (Å²) in [5, 5.41) is 13.1. The molecule has 0 aliphatic heterocycles. The van der Waals surface area contributed by atoms with E-state index in [9.17, 15) is 0 Å². The molecule has 3 nitrogen and oxygen atoms in total. The fraction of sp³-hybridized carbons (Fsp3) is 0. The first kappa shape index (κ1) is 51.1. The first-order valence-electron chi connectivity index (χ1n) is 30.4. The second kappa shape index (κ2) is 21.0. The molecule has 0 spiro atoms. The van der Waals surface area contributed by atoms with Crippen LogP contribution in [0.25, 0.3) is 110 Å². The fourth-order valence-corrected chi connectivity index (χ4v) is 19.1. The van der Waals surface area contributed by atoms with Crippen LogP contribution in [0.1, 0.15) is 0 Å². The van der Waals surface area contributed by atoms with E-state index in [-0.39, 0.29) is 0 Å². The molecule has 0 saturated carbocycles. The van der Waals surface area contributed by atoms with E-state index >= 15 is 0 Å². The SMILES string of the molecule is c1ccc(-n2c3ccccc3c3c(-c4ccc(N(c5ccc(-c6ccc(-c7ccc([Si](c8ccccc8)(c8ccccc8)c8ccccc8)cc7)cc6)cc5)c5ccc(-c6ccc7c8cccc9c%10ccccc%10n(c7c6)c98)cc5)cc4)cccc32)cc1. The van der Waals surface area contributed by atoms with Gasteiger partial charge in [0.25, 0.3) is 0 Å². The summed E-state index contributed by atoms with van der Waals surface area (Å²) in [6.07, 6.45) is 0. The van der Waals surface area contributed by atoms with Crippen molar-refractivity contribution in [2.45, 2.75) is 0 Å². The molecule has 14 aromatic carbocycles. The number of hydrogen-bond acceptors (Lipinski definition) is 1. The first-order valence-corrected chi connectivity index (χ1v) is 32.4. The van der Waals surface area contributed by atoms with Crippen molar-refractivity contribution in [2.75, 3.05) is 4.90 Å². The second-order valence-corrected chi connectivity index (χ2v) is 27.0. The summed E-state index contributed by atoms with van der Waals surface area (Å²) in [7, 11) is -2.62. The molecule has 0 amide bonds. The Morgan fingerprint density at radius 1 is 0.239 bits per heavy atom. The molecular weight excluding hydrogens is 1080 g/mol. The third kappa shape index (κ3) is 8.25. The zero-order chi connectivity index (χ0) is 58.1. The predicted octanol–water partition coefficient (Wildman–Crippen LogP) is 19.4. The van der Waals surface area contributed by atoms with Crippen molar-refractivity contribution >= 4 is 106 Å². The molecule has 17 rings (SSSR count). The molecule has 3 heterocycles. The zero-order valence-corrected chi connectivity index (χ0v) is 49.3. The van der Waals surface area contributed by atoms with Gasteiger partial charge < -0.3 is 13.9 Å². The first-order chi connectivity index (χ1) is 43.7. The summed E-state index contributed by atoms with van der Waals surface area (Å²) in [5.41, 5.74) is 20.0. The lowest BCUT2D eigenvalue weighted by molar-refractivity contribution is 1.18. The molecule has 0 aliphatic rings. The topological polar surface area (TPSA) is 12.6 Å². The van der Waals surface area contributed by atoms with Crippen LogP contribution < -0.4 is 25.6 Å². The Bertz CT molecular complexity index is 5270. The normalized spacial score (nSPS) is 11.9. The highest BCUT2D eigenvalue weighted by molar-refractivity contribution is 7.19. The van der Waals surface area contributed by atoms with Crippen LogP contribution in [-0.2, 0) is 0 Å². The van der Waals surface area contributed by atoms with Gasteiger partial charge in [-0.1, -0.05) is 273 Å². The van der Waals surface area contributed by atoms with Crippen molar-refractivity contribution in [2.24, 2.45) is 0 Å². The number of para-hydroxylation sites is 4. The molecule has 0 bridgehead atoms. The summed E-state index contributed by atoms with van der Waals surface area (Å²) in [6, 6.07) is 128. The van der Waals surface area contributed by atoms with E-state index in [2.05, 4.69) is 360 Å². The Labute approximate surface area is 512 Å². The Morgan fingerprint density at radius 3 is 1.16 bits per heavy atom. The molecule has 0 unspecified atom stereocenters. The number of hydrogen-bond donors (Lipinski definition) is 0. The van der Waals surface area contributed by atoms with E-state index in [1.165, 1.54) is 120 Å². The zero-order valence-electron chi connectivity index (χ0n) is 48.3. The second-order valence-electron chi connectivity index (χ2n) is 23.2. The fourth-order valence-electron chi connectivity index (χ4n) is 14.4. The van der Waals surface area contributed by atoms with Gasteiger partial charge in [0.15, 0.2) is 8.07 Å². The van der Waals surface area contributed by atoms with Gasteiger partial charge in [-0.3, -0.25) is 0 Å². The van der Waals surface area contributed by atoms with Gasteiger partial charge in [-0.15, -0.1) is 0 Å². The molecule has 0 atom stereocenters. The van der Waals surface area contributed by atoms with Crippen LogP contribution in [-0.4, -0.2) is 17.0 Å². The highest BCUT2D eigenvalue weighted by atomic mass is 28.3. The van der Waals surface area contributed by atoms with Crippen LogP contribution in [0.4, 0.5) is 17.1 Å². The Balaban J connectivity index is 0.718. The van der Waals surface area contributed by atoms with E-state index < -0.39 is 8.07 Å². The molecule has 88 heavy (non-hydrogen) atoms. The van der Waals surface area contributed by atoms with Gasteiger partial charge in [-0.05, 0) is 138 Å². The van der Waals surface area contributed by atoms with Crippen LogP contribution in [0.2, 0.25) is 0 Å². The van der Waals surface area contributed by atoms with E-state index in [1.807, 2.05) is 0 Å². The average molecular weight is 1140 g/mol. The van der Waals surface area contributed by atoms with E-state index in [0.29, 0.717) is 0 Å². The highest BCUT2D eigenvalue weighted by Crippen LogP contribution is 2.44. The predicted molar refractivity (Wildman–Crippen MR) is 375 cm³/mol. The van der Waals surface area contributed by atoms with Crippen LogP contribution in [0, 0.1) is 0 Å². The van der Waals surface area contributed by atoms with Crippen molar-refractivity contribution in [3.63, 3.8) is 0 Å². The van der Waals surface area contributed by atoms with Gasteiger partial charge in [0.1, 0.15) is 0 Å². The van der Waals surface area contributed by atoms with Gasteiger partial charge >= 0.3 is 0 Å². The van der Waals surface area contributed by atoms with Crippen LogP contribution in [0.5, 0.6) is 0 Å². The quantitative estimate of drug-likeness (QED) is 0.0877. The number of nitrogens with zero attached hydrogens (tertiary/aromatic N) is 3. The smallest absolute Gasteiger partial charge is 0.179 e. The molecule has 4 heteroatoms. The van der Waals surface area contributed by atoms with Crippen LogP contribution in [0.3, 0.4) is 0 Å². The summed E-state index contributed by atoms with van der Waals surface area (Å²) >= 11 is 0. The van der Waals surface area contributed by atoms with Crippen molar-refractivity contribution in [3.8, 4) is 50.2 Å². The third-order valence-electron chi connectivity index (χ3n) is 18.4. The monoisotopic (exact) mass is 1140 g/mol. The van der Waals surface area contributed by atoms with Gasteiger partial charge in [-0.25, -0.2) is 0 Å². The number of aromatic nitrogens is 2. The molecular formula is C84H57N3Si. The van der Waals surface area contributed by atoms with Gasteiger partial charge in [0.05, 0.1) is 27.6 Å². The lowest BCUT2D eigenvalue weighted by Gasteiger charge is -2.34. The van der Waals surface area contributed by atoms with Crippen molar-refractivity contribution < 1.29 is 0 Å². The van der Waals surface area contributed by atoms with Crippen LogP contribution >= 0.6 is 0 Å². The highest BCUT2D eigenvalue weighted by Gasteiger charge is 2.41. The lowest BCUT2D eigenvalue weighted by Crippen LogP contribution is -2.74. The standard InChI is InChI=1S/C84H57N3Si/c1-5-19-65(20-6-1)86-80-33-16-14-28-78(80)83-73(29-18-34-81(83)86)63-43-52-68(53-44-63)85(67-50-41-62(42-51-67)64-47-56-75-77-31-17-30-76-74-27-13-15-32-79(74)87(84(76)77)82(75)57-64)66-48-39-60(40-49-66)58-35-37-59(38-36-58)61-45-54-72(55-46-61)88(69-21-7-2-8-22-69,70-23-9-3-10-24-70)71-25-11-4-12-26-71/h1-57H. The number of benzene rings is 14.